The van der Waals surface area contributed by atoms with Crippen molar-refractivity contribution in [3.8, 4) is 5.75 Å². The first-order chi connectivity index (χ1) is 9.72. The van der Waals surface area contributed by atoms with E-state index < -0.39 is 0 Å². The highest BCUT2D eigenvalue weighted by molar-refractivity contribution is 9.10. The molecule has 1 unspecified atom stereocenters. The highest BCUT2D eigenvalue weighted by Crippen LogP contribution is 2.22. The highest BCUT2D eigenvalue weighted by Gasteiger charge is 2.11. The largest absolute Gasteiger partial charge is 0.497 e. The Labute approximate surface area is 129 Å². The summed E-state index contributed by atoms with van der Waals surface area (Å²) in [6, 6.07) is 17.1. The third-order valence-electron chi connectivity index (χ3n) is 3.32. The van der Waals surface area contributed by atoms with Gasteiger partial charge in [-0.05, 0) is 48.4 Å². The van der Waals surface area contributed by atoms with E-state index in [9.17, 15) is 0 Å². The Kier molecular flexibility index (Phi) is 5.62. The Morgan fingerprint density at radius 3 is 2.25 bits per heavy atom. The molecule has 1 N–H and O–H groups in total. The molecule has 0 spiro atoms. The molecule has 0 heterocycles. The lowest BCUT2D eigenvalue weighted by Crippen LogP contribution is -2.22. The fourth-order valence-electron chi connectivity index (χ4n) is 2.25. The second-order valence-corrected chi connectivity index (χ2v) is 5.63. The molecule has 0 saturated heterocycles. The van der Waals surface area contributed by atoms with Gasteiger partial charge in [0.1, 0.15) is 5.75 Å². The van der Waals surface area contributed by atoms with Crippen molar-refractivity contribution in [3.63, 3.8) is 0 Å². The predicted molar refractivity (Wildman–Crippen MR) is 87.3 cm³/mol. The van der Waals surface area contributed by atoms with Crippen molar-refractivity contribution in [1.29, 1.82) is 0 Å². The van der Waals surface area contributed by atoms with Gasteiger partial charge in [0.05, 0.1) is 7.11 Å². The van der Waals surface area contributed by atoms with Gasteiger partial charge in [0, 0.05) is 10.5 Å². The smallest absolute Gasteiger partial charge is 0.118 e. The van der Waals surface area contributed by atoms with Gasteiger partial charge in [-0.3, -0.25) is 0 Å². The minimum Gasteiger partial charge on any atom is -0.497 e. The maximum Gasteiger partial charge on any atom is 0.118 e. The van der Waals surface area contributed by atoms with Crippen molar-refractivity contribution in [2.24, 2.45) is 0 Å². The molecule has 3 heteroatoms. The predicted octanol–water partition coefficient (Wildman–Crippen LogP) is 4.35. The lowest BCUT2D eigenvalue weighted by molar-refractivity contribution is 0.414. The number of hydrogen-bond donors (Lipinski definition) is 1. The zero-order valence-electron chi connectivity index (χ0n) is 11.9. The van der Waals surface area contributed by atoms with E-state index >= 15 is 0 Å². The van der Waals surface area contributed by atoms with Crippen molar-refractivity contribution in [2.45, 2.75) is 19.4 Å². The molecule has 106 valence electrons. The molecule has 0 aliphatic carbocycles. The average Bonchev–Trinajstić information content (AvgIpc) is 2.49. The number of methoxy groups -OCH3 is 1. The Bertz CT molecular complexity index is 522. The summed E-state index contributed by atoms with van der Waals surface area (Å²) in [7, 11) is 1.69. The van der Waals surface area contributed by atoms with Crippen LogP contribution in [0.4, 0.5) is 0 Å². The molecule has 2 rings (SSSR count). The van der Waals surface area contributed by atoms with Crippen LogP contribution in [0.5, 0.6) is 5.75 Å². The van der Waals surface area contributed by atoms with E-state index in [0.717, 1.165) is 23.2 Å². The Balaban J connectivity index is 2.14. The second kappa shape index (κ2) is 7.46. The number of nitrogens with one attached hydrogen (secondary N) is 1. The van der Waals surface area contributed by atoms with Crippen molar-refractivity contribution in [3.05, 3.63) is 64.1 Å². The van der Waals surface area contributed by atoms with E-state index in [1.165, 1.54) is 11.1 Å². The first-order valence-electron chi connectivity index (χ1n) is 6.84. The molecular weight excluding hydrogens is 314 g/mol. The minimum atomic E-state index is 0.326. The van der Waals surface area contributed by atoms with Crippen molar-refractivity contribution in [1.82, 2.24) is 5.32 Å². The average molecular weight is 334 g/mol. The summed E-state index contributed by atoms with van der Waals surface area (Å²) in [5, 5.41) is 3.55. The Hall–Kier alpha value is -1.32. The topological polar surface area (TPSA) is 21.3 Å². The minimum absolute atomic E-state index is 0.326. The third-order valence-corrected chi connectivity index (χ3v) is 3.85. The fraction of sp³-hybridized carbons (Fsp3) is 0.294. The summed E-state index contributed by atoms with van der Waals surface area (Å²) in [5.74, 6) is 0.896. The second-order valence-electron chi connectivity index (χ2n) is 4.71. The summed E-state index contributed by atoms with van der Waals surface area (Å²) in [6.45, 7) is 3.09. The van der Waals surface area contributed by atoms with Crippen LogP contribution in [0.15, 0.2) is 53.0 Å². The molecule has 0 radical (unpaired) electrons. The molecule has 0 aromatic heterocycles. The van der Waals surface area contributed by atoms with E-state index in [2.05, 4.69) is 64.6 Å². The third kappa shape index (κ3) is 4.09. The van der Waals surface area contributed by atoms with Gasteiger partial charge in [-0.25, -0.2) is 0 Å². The standard InChI is InChI=1S/C17H20BrNO/c1-3-19-17(12-13-4-8-15(18)9-5-13)14-6-10-16(20-2)11-7-14/h4-11,17,19H,3,12H2,1-2H3. The van der Waals surface area contributed by atoms with Crippen LogP contribution in [0.25, 0.3) is 0 Å². The van der Waals surface area contributed by atoms with Gasteiger partial charge in [-0.2, -0.15) is 0 Å². The molecule has 0 amide bonds. The molecule has 0 saturated carbocycles. The van der Waals surface area contributed by atoms with Crippen LogP contribution in [0.2, 0.25) is 0 Å². The van der Waals surface area contributed by atoms with Gasteiger partial charge >= 0.3 is 0 Å². The number of halogens is 1. The van der Waals surface area contributed by atoms with Crippen LogP contribution < -0.4 is 10.1 Å². The SMILES string of the molecule is CCNC(Cc1ccc(Br)cc1)c1ccc(OC)cc1. The number of ether oxygens (including phenoxy) is 1. The summed E-state index contributed by atoms with van der Waals surface area (Å²) < 4.78 is 6.33. The lowest BCUT2D eigenvalue weighted by Gasteiger charge is -2.19. The molecule has 2 aromatic rings. The summed E-state index contributed by atoms with van der Waals surface area (Å²) >= 11 is 3.47. The number of rotatable bonds is 6. The zero-order chi connectivity index (χ0) is 14.4. The molecule has 0 fully saturated rings. The van der Waals surface area contributed by atoms with Crippen molar-refractivity contribution >= 4 is 15.9 Å². The summed E-state index contributed by atoms with van der Waals surface area (Å²) in [5.41, 5.74) is 2.62. The Morgan fingerprint density at radius 2 is 1.70 bits per heavy atom. The molecule has 0 bridgehead atoms. The molecule has 2 aromatic carbocycles. The molecule has 0 aliphatic rings. The lowest BCUT2D eigenvalue weighted by atomic mass is 9.99. The van der Waals surface area contributed by atoms with Crippen LogP contribution in [0, 0.1) is 0 Å². The maximum absolute atomic E-state index is 5.21. The van der Waals surface area contributed by atoms with E-state index in [4.69, 9.17) is 4.74 Å². The van der Waals surface area contributed by atoms with Gasteiger partial charge in [0.25, 0.3) is 0 Å². The van der Waals surface area contributed by atoms with Crippen LogP contribution >= 0.6 is 15.9 Å². The quantitative estimate of drug-likeness (QED) is 0.848. The molecule has 0 aliphatic heterocycles. The first-order valence-corrected chi connectivity index (χ1v) is 7.64. The summed E-state index contributed by atoms with van der Waals surface area (Å²) in [4.78, 5) is 0. The van der Waals surface area contributed by atoms with E-state index in [1.54, 1.807) is 7.11 Å². The van der Waals surface area contributed by atoms with Gasteiger partial charge < -0.3 is 10.1 Å². The van der Waals surface area contributed by atoms with Gasteiger partial charge in [-0.1, -0.05) is 47.1 Å². The highest BCUT2D eigenvalue weighted by atomic mass is 79.9. The molecule has 1 atom stereocenters. The number of likely N-dealkylation sites (N-methyl/N-ethyl adjacent to an activating group) is 1. The van der Waals surface area contributed by atoms with Crippen molar-refractivity contribution in [2.75, 3.05) is 13.7 Å². The monoisotopic (exact) mass is 333 g/mol. The van der Waals surface area contributed by atoms with Crippen LogP contribution in [-0.2, 0) is 6.42 Å². The van der Waals surface area contributed by atoms with Crippen LogP contribution in [0.3, 0.4) is 0 Å². The Morgan fingerprint density at radius 1 is 1.05 bits per heavy atom. The van der Waals surface area contributed by atoms with E-state index in [1.807, 2.05) is 12.1 Å². The van der Waals surface area contributed by atoms with Gasteiger partial charge in [-0.15, -0.1) is 0 Å². The number of benzene rings is 2. The molecule has 20 heavy (non-hydrogen) atoms. The van der Waals surface area contributed by atoms with Crippen LogP contribution in [-0.4, -0.2) is 13.7 Å². The first kappa shape index (κ1) is 15.1. The molecular formula is C17H20BrNO. The normalized spacial score (nSPS) is 12.2. The molecule has 2 nitrogen and oxygen atoms in total. The van der Waals surface area contributed by atoms with Gasteiger partial charge in [0.2, 0.25) is 0 Å². The van der Waals surface area contributed by atoms with Gasteiger partial charge in [0.15, 0.2) is 0 Å². The fourth-order valence-corrected chi connectivity index (χ4v) is 2.51. The summed E-state index contributed by atoms with van der Waals surface area (Å²) in [6.07, 6.45) is 0.980. The number of hydrogen-bond acceptors (Lipinski definition) is 2. The van der Waals surface area contributed by atoms with E-state index in [-0.39, 0.29) is 0 Å². The van der Waals surface area contributed by atoms with Crippen LogP contribution in [0.1, 0.15) is 24.1 Å². The van der Waals surface area contributed by atoms with E-state index in [0.29, 0.717) is 6.04 Å². The maximum atomic E-state index is 5.21. The zero-order valence-corrected chi connectivity index (χ0v) is 13.5. The van der Waals surface area contributed by atoms with Crippen molar-refractivity contribution < 1.29 is 4.74 Å².